The molecule has 2 aromatic rings. The zero-order valence-electron chi connectivity index (χ0n) is 25.0. The average Bonchev–Trinajstić information content (AvgIpc) is 2.94. The van der Waals surface area contributed by atoms with Gasteiger partial charge in [-0.25, -0.2) is 0 Å². The summed E-state index contributed by atoms with van der Waals surface area (Å²) in [5, 5.41) is 0. The van der Waals surface area contributed by atoms with Crippen molar-refractivity contribution >= 4 is 7.26 Å². The van der Waals surface area contributed by atoms with Gasteiger partial charge >= 0.3 is 180 Å². The number of nitrogens with zero attached hydrogens (tertiary/aromatic N) is 2. The van der Waals surface area contributed by atoms with E-state index in [1.54, 1.807) is 24.6 Å². The Morgan fingerprint density at radius 2 is 0.946 bits per heavy atom. The Kier molecular flexibility index (Phi) is 17.1. The molecule has 0 unspecified atom stereocenters. The molecule has 0 spiro atoms. The maximum absolute atomic E-state index is 4.68. The van der Waals surface area contributed by atoms with Gasteiger partial charge in [0.2, 0.25) is 0 Å². The summed E-state index contributed by atoms with van der Waals surface area (Å²) in [6.45, 7) is 9.39. The van der Waals surface area contributed by atoms with Gasteiger partial charge in [-0.1, -0.05) is 39.0 Å². The summed E-state index contributed by atoms with van der Waals surface area (Å²) in [5.41, 5.74) is 3.87. The van der Waals surface area contributed by atoms with Gasteiger partial charge in [0.15, 0.2) is 0 Å². The van der Waals surface area contributed by atoms with Crippen molar-refractivity contribution in [1.29, 1.82) is 0 Å². The summed E-state index contributed by atoms with van der Waals surface area (Å²) < 4.78 is 0. The first-order valence-corrected chi connectivity index (χ1v) is 18.9. The Balaban J connectivity index is 1.81. The van der Waals surface area contributed by atoms with Crippen molar-refractivity contribution in [2.75, 3.05) is 24.6 Å². The maximum atomic E-state index is 4.68. The van der Waals surface area contributed by atoms with Crippen molar-refractivity contribution in [3.8, 4) is 11.4 Å². The zero-order valence-corrected chi connectivity index (χ0v) is 26.0. The van der Waals surface area contributed by atoms with Gasteiger partial charge in [-0.05, 0) is 12.8 Å². The molecule has 0 aliphatic rings. The first-order valence-electron chi connectivity index (χ1n) is 16.1. The van der Waals surface area contributed by atoms with E-state index in [9.17, 15) is 0 Å². The summed E-state index contributed by atoms with van der Waals surface area (Å²) in [6.07, 6.45) is 31.9. The molecule has 37 heavy (non-hydrogen) atoms. The molecule has 0 N–H and O–H groups in total. The normalized spacial score (nSPS) is 12.2. The van der Waals surface area contributed by atoms with E-state index in [-0.39, 0.29) is 0 Å². The predicted molar refractivity (Wildman–Crippen MR) is 170 cm³/mol. The number of aromatic nitrogens is 2. The van der Waals surface area contributed by atoms with Gasteiger partial charge in [-0.3, -0.25) is 0 Å². The molecular formula is C34H59N2P. The molecule has 0 saturated heterocycles. The summed E-state index contributed by atoms with van der Waals surface area (Å²) in [4.78, 5) is 9.35. The van der Waals surface area contributed by atoms with Crippen LogP contribution in [0.15, 0.2) is 36.7 Å². The summed E-state index contributed by atoms with van der Waals surface area (Å²) in [5.74, 6) is 0.858. The number of hydrogen-bond acceptors (Lipinski definition) is 2. The molecule has 0 radical (unpaired) electrons. The molecule has 3 heteroatoms. The third kappa shape index (κ3) is 12.9. The minimum absolute atomic E-state index is 0.858. The van der Waals surface area contributed by atoms with Gasteiger partial charge in [-0.15, -0.1) is 0 Å². The summed E-state index contributed by atoms with van der Waals surface area (Å²) in [7, 11) is -1.09. The molecule has 0 aliphatic heterocycles. The zero-order chi connectivity index (χ0) is 26.6. The van der Waals surface area contributed by atoms with Gasteiger partial charge in [0.25, 0.3) is 0 Å². The Hall–Kier alpha value is -1.27. The molecule has 2 rings (SSSR count). The van der Waals surface area contributed by atoms with E-state index in [2.05, 4.69) is 61.9 Å². The molecule has 1 aromatic heterocycles. The topological polar surface area (TPSA) is 25.8 Å². The van der Waals surface area contributed by atoms with Crippen LogP contribution in [0.4, 0.5) is 0 Å². The molecule has 1 aromatic carbocycles. The van der Waals surface area contributed by atoms with Crippen molar-refractivity contribution in [3.63, 3.8) is 0 Å². The van der Waals surface area contributed by atoms with E-state index in [4.69, 9.17) is 0 Å². The molecule has 1 heterocycles. The minimum atomic E-state index is -1.09. The molecular weight excluding hydrogens is 467 g/mol. The standard InChI is InChI=1S/C34H59N2P/c1-5-9-13-14-15-16-20-32-29-35-34(36-30-32)33-23-21-31(22-24-33)19-17-18-28-37(25-10-6-2,26-11-7-3)27-12-8-4/h21-24,29-30,37H,5-20,25-28H2,1-4H3. The number of unbranched alkanes of at least 4 members (excludes halogenated alkanes) is 9. The van der Waals surface area contributed by atoms with Crippen LogP contribution in [-0.2, 0) is 12.8 Å². The monoisotopic (exact) mass is 526 g/mol. The molecule has 0 saturated carbocycles. The number of aryl methyl sites for hydroxylation is 2. The second-order valence-corrected chi connectivity index (χ2v) is 16.6. The Labute approximate surface area is 231 Å². The van der Waals surface area contributed by atoms with E-state index < -0.39 is 7.26 Å². The van der Waals surface area contributed by atoms with Gasteiger partial charge in [0.1, 0.15) is 0 Å². The van der Waals surface area contributed by atoms with Crippen molar-refractivity contribution < 1.29 is 0 Å². The van der Waals surface area contributed by atoms with E-state index in [0.29, 0.717) is 0 Å². The number of hydrogen-bond donors (Lipinski definition) is 0. The first-order chi connectivity index (χ1) is 18.2. The SMILES string of the molecule is CCCCCCCCc1cnc(-c2ccc(CCCC[PH](CCCC)(CCCC)CCCC)cc2)nc1. The second-order valence-electron chi connectivity index (χ2n) is 11.6. The Bertz CT molecular complexity index is 778. The molecule has 0 atom stereocenters. The Morgan fingerprint density at radius 3 is 1.51 bits per heavy atom. The number of rotatable bonds is 22. The van der Waals surface area contributed by atoms with Crippen molar-refractivity contribution in [2.24, 2.45) is 0 Å². The van der Waals surface area contributed by atoms with Crippen LogP contribution in [0.5, 0.6) is 0 Å². The number of benzene rings is 1. The molecule has 0 amide bonds. The van der Waals surface area contributed by atoms with E-state index in [1.165, 1.54) is 107 Å². The van der Waals surface area contributed by atoms with Crippen molar-refractivity contribution in [3.05, 3.63) is 47.8 Å². The fourth-order valence-electron chi connectivity index (χ4n) is 5.80. The second kappa shape index (κ2) is 19.7. The molecule has 2 nitrogen and oxygen atoms in total. The molecule has 0 fully saturated rings. The molecule has 0 bridgehead atoms. The van der Waals surface area contributed by atoms with E-state index in [1.807, 2.05) is 12.4 Å². The summed E-state index contributed by atoms with van der Waals surface area (Å²) in [6, 6.07) is 9.05. The van der Waals surface area contributed by atoms with Gasteiger partial charge < -0.3 is 0 Å². The fourth-order valence-corrected chi connectivity index (χ4v) is 11.6. The third-order valence-electron chi connectivity index (χ3n) is 8.34. The van der Waals surface area contributed by atoms with Crippen LogP contribution in [0.25, 0.3) is 11.4 Å². The first kappa shape index (κ1) is 31.9. The fraction of sp³-hybridized carbons (Fsp3) is 0.706. The molecule has 210 valence electrons. The van der Waals surface area contributed by atoms with E-state index in [0.717, 1.165) is 17.8 Å². The van der Waals surface area contributed by atoms with Crippen LogP contribution in [0.1, 0.15) is 129 Å². The van der Waals surface area contributed by atoms with Crippen LogP contribution >= 0.6 is 7.26 Å². The van der Waals surface area contributed by atoms with Crippen LogP contribution in [0.2, 0.25) is 0 Å². The summed E-state index contributed by atoms with van der Waals surface area (Å²) >= 11 is 0. The quantitative estimate of drug-likeness (QED) is 0.113. The van der Waals surface area contributed by atoms with Crippen LogP contribution < -0.4 is 0 Å². The van der Waals surface area contributed by atoms with Gasteiger partial charge in [0.05, 0.1) is 0 Å². The predicted octanol–water partition coefficient (Wildman–Crippen LogP) is 10.5. The third-order valence-corrected chi connectivity index (χ3v) is 14.0. The van der Waals surface area contributed by atoms with Gasteiger partial charge in [0, 0.05) is 0 Å². The van der Waals surface area contributed by atoms with Crippen LogP contribution in [0.3, 0.4) is 0 Å². The van der Waals surface area contributed by atoms with Gasteiger partial charge in [-0.2, -0.15) is 0 Å². The van der Waals surface area contributed by atoms with E-state index >= 15 is 0 Å². The average molecular weight is 527 g/mol. The van der Waals surface area contributed by atoms with Crippen molar-refractivity contribution in [1.82, 2.24) is 9.97 Å². The van der Waals surface area contributed by atoms with Crippen molar-refractivity contribution in [2.45, 2.75) is 130 Å². The van der Waals surface area contributed by atoms with Crippen LogP contribution in [-0.4, -0.2) is 34.6 Å². The molecule has 0 aliphatic carbocycles. The van der Waals surface area contributed by atoms with Crippen LogP contribution in [0, 0.1) is 0 Å². The Morgan fingerprint density at radius 1 is 0.486 bits per heavy atom.